The first-order valence-electron chi connectivity index (χ1n) is 5.34. The molecule has 0 aliphatic carbocycles. The Morgan fingerprint density at radius 2 is 2.07 bits per heavy atom. The van der Waals surface area contributed by atoms with Gasteiger partial charge in [-0.05, 0) is 17.9 Å². The Morgan fingerprint density at radius 3 is 2.80 bits per heavy atom. The van der Waals surface area contributed by atoms with Gasteiger partial charge in [-0.3, -0.25) is 10.2 Å². The number of amides is 1. The molecule has 2 unspecified atom stereocenters. The zero-order chi connectivity index (χ0) is 10.7. The van der Waals surface area contributed by atoms with Gasteiger partial charge in [-0.15, -0.1) is 0 Å². The number of hydrogen-bond acceptors (Lipinski definition) is 2. The van der Waals surface area contributed by atoms with Crippen LogP contribution in [0.5, 0.6) is 0 Å². The molecule has 0 saturated carbocycles. The van der Waals surface area contributed by atoms with Gasteiger partial charge in [0.2, 0.25) is 5.91 Å². The first-order valence-corrected chi connectivity index (χ1v) is 5.34. The maximum atomic E-state index is 11.4. The summed E-state index contributed by atoms with van der Waals surface area (Å²) in [6.07, 6.45) is 0.961. The van der Waals surface area contributed by atoms with Crippen LogP contribution in [-0.2, 0) is 11.2 Å². The van der Waals surface area contributed by atoms with Gasteiger partial charge in [0.1, 0.15) is 0 Å². The van der Waals surface area contributed by atoms with Crippen molar-refractivity contribution in [1.29, 1.82) is 0 Å². The minimum absolute atomic E-state index is 0.0893. The molecule has 2 rings (SSSR count). The molecular formula is C12H16N2O. The Labute approximate surface area is 89.8 Å². The average molecular weight is 204 g/mol. The Hall–Kier alpha value is -1.35. The Bertz CT molecular complexity index is 337. The lowest BCUT2D eigenvalue weighted by atomic mass is 9.86. The van der Waals surface area contributed by atoms with Gasteiger partial charge in [-0.2, -0.15) is 0 Å². The van der Waals surface area contributed by atoms with E-state index >= 15 is 0 Å². The van der Waals surface area contributed by atoms with Gasteiger partial charge in [0.05, 0.1) is 0 Å². The van der Waals surface area contributed by atoms with Crippen LogP contribution in [0.3, 0.4) is 0 Å². The molecule has 0 aromatic heterocycles. The molecule has 0 radical (unpaired) electrons. The number of carbonyl (C=O) groups is 1. The number of hydrogen-bond donors (Lipinski definition) is 2. The third-order valence-electron chi connectivity index (χ3n) is 3.04. The highest BCUT2D eigenvalue weighted by Gasteiger charge is 2.27. The maximum Gasteiger partial charge on any atom is 0.237 e. The van der Waals surface area contributed by atoms with Crippen molar-refractivity contribution in [3.63, 3.8) is 0 Å². The summed E-state index contributed by atoms with van der Waals surface area (Å²) in [5, 5.41) is 0. The smallest absolute Gasteiger partial charge is 0.237 e. The minimum atomic E-state index is 0.0893. The average Bonchev–Trinajstić information content (AvgIpc) is 2.26. The quantitative estimate of drug-likeness (QED) is 0.758. The van der Waals surface area contributed by atoms with Crippen LogP contribution in [0.25, 0.3) is 0 Å². The van der Waals surface area contributed by atoms with Gasteiger partial charge >= 0.3 is 0 Å². The van der Waals surface area contributed by atoms with Crippen LogP contribution in [0.15, 0.2) is 30.3 Å². The fourth-order valence-corrected chi connectivity index (χ4v) is 1.94. The van der Waals surface area contributed by atoms with Crippen molar-refractivity contribution in [3.05, 3.63) is 35.9 Å². The van der Waals surface area contributed by atoms with E-state index in [1.54, 1.807) is 0 Å². The van der Waals surface area contributed by atoms with Crippen molar-refractivity contribution in [1.82, 2.24) is 10.9 Å². The second-order valence-electron chi connectivity index (χ2n) is 4.11. The molecule has 2 N–H and O–H groups in total. The van der Waals surface area contributed by atoms with Crippen molar-refractivity contribution in [3.8, 4) is 0 Å². The van der Waals surface area contributed by atoms with Crippen LogP contribution >= 0.6 is 0 Å². The first-order chi connectivity index (χ1) is 7.27. The molecule has 0 bridgehead atoms. The van der Waals surface area contributed by atoms with Crippen molar-refractivity contribution >= 4 is 5.91 Å². The molecule has 0 spiro atoms. The summed E-state index contributed by atoms with van der Waals surface area (Å²) in [5.74, 6) is 0.579. The predicted octanol–water partition coefficient (Wildman–Crippen LogP) is 1.12. The number of benzene rings is 1. The van der Waals surface area contributed by atoms with Crippen molar-refractivity contribution < 1.29 is 4.79 Å². The maximum absolute atomic E-state index is 11.4. The van der Waals surface area contributed by atoms with Gasteiger partial charge in [0, 0.05) is 12.5 Å². The Balaban J connectivity index is 2.02. The van der Waals surface area contributed by atoms with Crippen LogP contribution in [0, 0.1) is 11.8 Å². The zero-order valence-corrected chi connectivity index (χ0v) is 8.86. The molecule has 1 aliphatic rings. The summed E-state index contributed by atoms with van der Waals surface area (Å²) in [6.45, 7) is 2.84. The molecule has 15 heavy (non-hydrogen) atoms. The summed E-state index contributed by atoms with van der Waals surface area (Å²) < 4.78 is 0. The first kappa shape index (κ1) is 10.2. The fourth-order valence-electron chi connectivity index (χ4n) is 1.94. The predicted molar refractivity (Wildman–Crippen MR) is 58.9 cm³/mol. The molecule has 3 heteroatoms. The fraction of sp³-hybridized carbons (Fsp3) is 0.417. The van der Waals surface area contributed by atoms with E-state index in [1.807, 2.05) is 25.1 Å². The molecule has 1 aromatic rings. The lowest BCUT2D eigenvalue weighted by Gasteiger charge is -2.29. The molecule has 2 atom stereocenters. The van der Waals surface area contributed by atoms with Crippen molar-refractivity contribution in [2.45, 2.75) is 13.3 Å². The molecule has 1 fully saturated rings. The van der Waals surface area contributed by atoms with Gasteiger partial charge < -0.3 is 0 Å². The highest BCUT2D eigenvalue weighted by Crippen LogP contribution is 2.19. The van der Waals surface area contributed by atoms with Crippen molar-refractivity contribution in [2.24, 2.45) is 11.8 Å². The van der Waals surface area contributed by atoms with Gasteiger partial charge in [-0.25, -0.2) is 5.43 Å². The number of hydrazine groups is 1. The Morgan fingerprint density at radius 1 is 1.33 bits per heavy atom. The summed E-state index contributed by atoms with van der Waals surface area (Å²) in [4.78, 5) is 11.4. The van der Waals surface area contributed by atoms with Crippen LogP contribution in [0.1, 0.15) is 12.5 Å². The molecule has 1 aliphatic heterocycles. The van der Waals surface area contributed by atoms with Crippen LogP contribution in [0.2, 0.25) is 0 Å². The van der Waals surface area contributed by atoms with Crippen LogP contribution in [0.4, 0.5) is 0 Å². The van der Waals surface area contributed by atoms with Crippen molar-refractivity contribution in [2.75, 3.05) is 6.54 Å². The van der Waals surface area contributed by atoms with E-state index < -0.39 is 0 Å². The van der Waals surface area contributed by atoms with E-state index in [0.717, 1.165) is 13.0 Å². The van der Waals surface area contributed by atoms with E-state index in [-0.39, 0.29) is 11.8 Å². The summed E-state index contributed by atoms with van der Waals surface area (Å²) in [5.41, 5.74) is 6.89. The number of rotatable bonds is 2. The molecule has 1 amide bonds. The third kappa shape index (κ3) is 2.36. The molecule has 1 saturated heterocycles. The number of nitrogens with one attached hydrogen (secondary N) is 2. The number of carbonyl (C=O) groups excluding carboxylic acids is 1. The largest absolute Gasteiger partial charge is 0.291 e. The zero-order valence-electron chi connectivity index (χ0n) is 8.86. The molecule has 80 valence electrons. The van der Waals surface area contributed by atoms with Crippen LogP contribution < -0.4 is 10.9 Å². The topological polar surface area (TPSA) is 41.1 Å². The standard InChI is InChI=1S/C12H16N2O/c1-9-11(8-13-14-12(9)15)7-10-5-3-2-4-6-10/h2-6,9,11,13H,7-8H2,1H3,(H,14,15). The van der Waals surface area contributed by atoms with E-state index in [4.69, 9.17) is 0 Å². The van der Waals surface area contributed by atoms with E-state index in [1.165, 1.54) is 5.56 Å². The molecule has 1 aromatic carbocycles. The van der Waals surface area contributed by atoms with Gasteiger partial charge in [-0.1, -0.05) is 37.3 Å². The monoisotopic (exact) mass is 204 g/mol. The third-order valence-corrected chi connectivity index (χ3v) is 3.04. The van der Waals surface area contributed by atoms with Crippen LogP contribution in [-0.4, -0.2) is 12.5 Å². The lowest BCUT2D eigenvalue weighted by Crippen LogP contribution is -2.52. The Kier molecular flexibility index (Phi) is 3.02. The van der Waals surface area contributed by atoms with E-state index in [0.29, 0.717) is 5.92 Å². The summed E-state index contributed by atoms with van der Waals surface area (Å²) >= 11 is 0. The molecule has 3 nitrogen and oxygen atoms in total. The summed E-state index contributed by atoms with van der Waals surface area (Å²) in [6, 6.07) is 10.3. The lowest BCUT2D eigenvalue weighted by molar-refractivity contribution is -0.129. The second-order valence-corrected chi connectivity index (χ2v) is 4.11. The normalized spacial score (nSPS) is 26.1. The molecule has 1 heterocycles. The minimum Gasteiger partial charge on any atom is -0.291 e. The van der Waals surface area contributed by atoms with E-state index in [9.17, 15) is 4.79 Å². The van der Waals surface area contributed by atoms with Gasteiger partial charge in [0.25, 0.3) is 0 Å². The highest BCUT2D eigenvalue weighted by molar-refractivity contribution is 5.78. The molecular weight excluding hydrogens is 188 g/mol. The van der Waals surface area contributed by atoms with Gasteiger partial charge in [0.15, 0.2) is 0 Å². The second kappa shape index (κ2) is 4.45. The van der Waals surface area contributed by atoms with E-state index in [2.05, 4.69) is 23.0 Å². The highest BCUT2D eigenvalue weighted by atomic mass is 16.2. The SMILES string of the molecule is CC1C(=O)NNCC1Cc1ccccc1. The summed E-state index contributed by atoms with van der Waals surface area (Å²) in [7, 11) is 0.